The van der Waals surface area contributed by atoms with Gasteiger partial charge in [0, 0.05) is 6.42 Å². The van der Waals surface area contributed by atoms with Crippen molar-refractivity contribution in [3.63, 3.8) is 0 Å². The number of carbonyl (C=O) groups is 3. The number of hydrogen-bond donors (Lipinski definition) is 4. The van der Waals surface area contributed by atoms with Crippen molar-refractivity contribution < 1.29 is 19.1 Å². The molecule has 0 aliphatic carbocycles. The summed E-state index contributed by atoms with van der Waals surface area (Å²) >= 11 is 0. The first-order valence-corrected chi connectivity index (χ1v) is 6.75. The van der Waals surface area contributed by atoms with E-state index in [2.05, 4.69) is 10.9 Å². The molecule has 6 N–H and O–H groups in total. The zero-order chi connectivity index (χ0) is 16.4. The number of ether oxygens (including phenoxy) is 1. The highest BCUT2D eigenvalue weighted by atomic mass is 16.5. The molecule has 0 heterocycles. The fourth-order valence-electron chi connectivity index (χ4n) is 1.51. The molecule has 0 saturated carbocycles. The van der Waals surface area contributed by atoms with Crippen LogP contribution in [-0.2, 0) is 25.7 Å². The third-order valence-electron chi connectivity index (χ3n) is 2.73. The third kappa shape index (κ3) is 7.36. The molecule has 0 saturated heterocycles. The van der Waals surface area contributed by atoms with Gasteiger partial charge in [-0.25, -0.2) is 5.43 Å². The van der Waals surface area contributed by atoms with Crippen LogP contribution in [0.3, 0.4) is 0 Å². The number of benzene rings is 1. The van der Waals surface area contributed by atoms with Crippen molar-refractivity contribution in [1.29, 1.82) is 0 Å². The fourth-order valence-corrected chi connectivity index (χ4v) is 1.51. The van der Waals surface area contributed by atoms with Crippen LogP contribution in [-0.4, -0.2) is 30.4 Å². The maximum Gasteiger partial charge on any atom is 0.322 e. The van der Waals surface area contributed by atoms with Crippen LogP contribution < -0.4 is 22.3 Å². The molecule has 0 radical (unpaired) electrons. The Hall–Kier alpha value is -2.45. The van der Waals surface area contributed by atoms with Gasteiger partial charge in [-0.1, -0.05) is 30.3 Å². The lowest BCUT2D eigenvalue weighted by Crippen LogP contribution is -2.48. The van der Waals surface area contributed by atoms with Gasteiger partial charge in [-0.3, -0.25) is 19.8 Å². The molecule has 0 aliphatic rings. The van der Waals surface area contributed by atoms with E-state index < -0.39 is 23.8 Å². The van der Waals surface area contributed by atoms with Crippen LogP contribution in [0.4, 0.5) is 0 Å². The molecule has 0 aliphatic heterocycles. The SMILES string of the molecule is NC(=O)CC[C@H](N)C(=O)NNCC(=O)OCc1ccccc1. The van der Waals surface area contributed by atoms with E-state index in [0.717, 1.165) is 5.56 Å². The lowest BCUT2D eigenvalue weighted by Gasteiger charge is -2.12. The summed E-state index contributed by atoms with van der Waals surface area (Å²) in [4.78, 5) is 33.5. The van der Waals surface area contributed by atoms with Gasteiger partial charge in [0.2, 0.25) is 5.91 Å². The molecule has 0 spiro atoms. The Bertz CT molecular complexity index is 507. The van der Waals surface area contributed by atoms with E-state index in [1.807, 2.05) is 30.3 Å². The molecule has 22 heavy (non-hydrogen) atoms. The Labute approximate surface area is 128 Å². The Balaban J connectivity index is 2.16. The largest absolute Gasteiger partial charge is 0.460 e. The summed E-state index contributed by atoms with van der Waals surface area (Å²) < 4.78 is 5.00. The Morgan fingerprint density at radius 3 is 2.50 bits per heavy atom. The zero-order valence-corrected chi connectivity index (χ0v) is 12.1. The van der Waals surface area contributed by atoms with E-state index in [4.69, 9.17) is 16.2 Å². The Morgan fingerprint density at radius 1 is 1.18 bits per heavy atom. The molecule has 120 valence electrons. The van der Waals surface area contributed by atoms with Gasteiger partial charge in [0.05, 0.1) is 6.04 Å². The Kier molecular flexibility index (Phi) is 7.58. The van der Waals surface area contributed by atoms with Gasteiger partial charge < -0.3 is 16.2 Å². The third-order valence-corrected chi connectivity index (χ3v) is 2.73. The molecule has 1 aromatic rings. The van der Waals surface area contributed by atoms with Crippen LogP contribution >= 0.6 is 0 Å². The lowest BCUT2D eigenvalue weighted by atomic mass is 10.1. The molecule has 1 rings (SSSR count). The number of rotatable bonds is 9. The summed E-state index contributed by atoms with van der Waals surface area (Å²) in [6.07, 6.45) is 0.162. The van der Waals surface area contributed by atoms with E-state index in [9.17, 15) is 14.4 Å². The van der Waals surface area contributed by atoms with E-state index in [-0.39, 0.29) is 26.0 Å². The molecule has 2 amide bonds. The molecule has 0 bridgehead atoms. The van der Waals surface area contributed by atoms with Gasteiger partial charge >= 0.3 is 5.97 Å². The van der Waals surface area contributed by atoms with Crippen LogP contribution in [0.2, 0.25) is 0 Å². The maximum atomic E-state index is 11.5. The standard InChI is InChI=1S/C14H20N4O4/c15-11(6-7-12(16)19)14(21)18-17-8-13(20)22-9-10-4-2-1-3-5-10/h1-5,11,17H,6-9,15H2,(H2,16,19)(H,18,21)/t11-/m0/s1. The van der Waals surface area contributed by atoms with Crippen molar-refractivity contribution in [3.05, 3.63) is 35.9 Å². The highest BCUT2D eigenvalue weighted by Gasteiger charge is 2.14. The first-order chi connectivity index (χ1) is 10.5. The minimum Gasteiger partial charge on any atom is -0.460 e. The normalized spacial score (nSPS) is 11.5. The van der Waals surface area contributed by atoms with Crippen molar-refractivity contribution >= 4 is 17.8 Å². The first-order valence-electron chi connectivity index (χ1n) is 6.75. The highest BCUT2D eigenvalue weighted by Crippen LogP contribution is 2.00. The van der Waals surface area contributed by atoms with Gasteiger partial charge in [0.15, 0.2) is 0 Å². The van der Waals surface area contributed by atoms with Gasteiger partial charge in [0.1, 0.15) is 13.2 Å². The molecule has 8 nitrogen and oxygen atoms in total. The second-order valence-corrected chi connectivity index (χ2v) is 4.60. The predicted molar refractivity (Wildman–Crippen MR) is 78.8 cm³/mol. The van der Waals surface area contributed by atoms with E-state index >= 15 is 0 Å². The van der Waals surface area contributed by atoms with Crippen molar-refractivity contribution in [2.24, 2.45) is 11.5 Å². The summed E-state index contributed by atoms with van der Waals surface area (Å²) in [5.74, 6) is -1.58. The van der Waals surface area contributed by atoms with Crippen molar-refractivity contribution in [1.82, 2.24) is 10.9 Å². The van der Waals surface area contributed by atoms with E-state index in [1.54, 1.807) is 0 Å². The average Bonchev–Trinajstić information content (AvgIpc) is 2.51. The zero-order valence-electron chi connectivity index (χ0n) is 12.1. The van der Waals surface area contributed by atoms with Crippen molar-refractivity contribution in [2.45, 2.75) is 25.5 Å². The topological polar surface area (TPSA) is 137 Å². The number of esters is 1. The van der Waals surface area contributed by atoms with Crippen LogP contribution in [0.1, 0.15) is 18.4 Å². The van der Waals surface area contributed by atoms with Crippen LogP contribution in [0.25, 0.3) is 0 Å². The van der Waals surface area contributed by atoms with Crippen molar-refractivity contribution in [2.75, 3.05) is 6.54 Å². The number of primary amides is 1. The molecule has 1 aromatic carbocycles. The minimum atomic E-state index is -0.875. The summed E-state index contributed by atoms with van der Waals surface area (Å²) in [5, 5.41) is 0. The molecule has 0 unspecified atom stereocenters. The smallest absolute Gasteiger partial charge is 0.322 e. The molecular formula is C14H20N4O4. The fraction of sp³-hybridized carbons (Fsp3) is 0.357. The van der Waals surface area contributed by atoms with Crippen LogP contribution in [0.15, 0.2) is 30.3 Å². The van der Waals surface area contributed by atoms with E-state index in [1.165, 1.54) is 0 Å². The average molecular weight is 308 g/mol. The van der Waals surface area contributed by atoms with E-state index in [0.29, 0.717) is 0 Å². The number of hydrogen-bond acceptors (Lipinski definition) is 6. The summed E-state index contributed by atoms with van der Waals surface area (Å²) in [7, 11) is 0. The number of amides is 2. The van der Waals surface area contributed by atoms with Gasteiger partial charge in [0.25, 0.3) is 5.91 Å². The molecule has 1 atom stereocenters. The van der Waals surface area contributed by atoms with Crippen LogP contribution in [0, 0.1) is 0 Å². The van der Waals surface area contributed by atoms with Gasteiger partial charge in [-0.05, 0) is 12.0 Å². The minimum absolute atomic E-state index is 0.0215. The second kappa shape index (κ2) is 9.48. The van der Waals surface area contributed by atoms with Crippen LogP contribution in [0.5, 0.6) is 0 Å². The summed E-state index contributed by atoms with van der Waals surface area (Å²) in [6.45, 7) is -0.0332. The molecule has 8 heteroatoms. The number of hydrazine groups is 1. The lowest BCUT2D eigenvalue weighted by molar-refractivity contribution is -0.144. The van der Waals surface area contributed by atoms with Gasteiger partial charge in [-0.2, -0.15) is 0 Å². The molecule has 0 aromatic heterocycles. The first kappa shape index (κ1) is 17.6. The summed E-state index contributed by atoms with van der Waals surface area (Å²) in [5.41, 5.74) is 16.1. The number of nitrogens with two attached hydrogens (primary N) is 2. The highest BCUT2D eigenvalue weighted by molar-refractivity contribution is 5.82. The monoisotopic (exact) mass is 308 g/mol. The van der Waals surface area contributed by atoms with Gasteiger partial charge in [-0.15, -0.1) is 0 Å². The summed E-state index contributed by atoms with van der Waals surface area (Å²) in [6, 6.07) is 8.34. The predicted octanol–water partition coefficient (Wildman–Crippen LogP) is -1.06. The number of nitrogens with one attached hydrogen (secondary N) is 2. The quantitative estimate of drug-likeness (QED) is 0.339. The number of carbonyl (C=O) groups excluding carboxylic acids is 3. The second-order valence-electron chi connectivity index (χ2n) is 4.60. The molecule has 0 fully saturated rings. The Morgan fingerprint density at radius 2 is 1.86 bits per heavy atom. The maximum absolute atomic E-state index is 11.5. The van der Waals surface area contributed by atoms with Crippen molar-refractivity contribution in [3.8, 4) is 0 Å². The molecular weight excluding hydrogens is 288 g/mol.